The zero-order valence-corrected chi connectivity index (χ0v) is 6.24. The van der Waals surface area contributed by atoms with Crippen molar-refractivity contribution in [3.8, 4) is 0 Å². The van der Waals surface area contributed by atoms with Crippen molar-refractivity contribution < 1.29 is 4.57 Å². The largest absolute Gasteiger partial charge is 0.316 e. The Morgan fingerprint density at radius 1 is 1.75 bits per heavy atom. The molecular weight excluding hydrogens is 121 g/mol. The second kappa shape index (κ2) is 5.20. The molecule has 48 valence electrons. The first-order valence-corrected chi connectivity index (χ1v) is 3.81. The van der Waals surface area contributed by atoms with Gasteiger partial charge in [-0.1, -0.05) is 6.92 Å². The molecule has 0 saturated heterocycles. The maximum atomic E-state index is 9.99. The third kappa shape index (κ3) is 3.11. The zero-order valence-electron chi connectivity index (χ0n) is 5.35. The average molecular weight is 133 g/mol. The molecule has 0 amide bonds. The van der Waals surface area contributed by atoms with Crippen molar-refractivity contribution in [3.05, 3.63) is 0 Å². The average Bonchev–Trinajstić information content (AvgIpc) is 1.83. The van der Waals surface area contributed by atoms with Gasteiger partial charge in [-0.3, -0.25) is 4.57 Å². The minimum atomic E-state index is 0.243. The van der Waals surface area contributed by atoms with E-state index in [-0.39, 0.29) is 8.46 Å². The van der Waals surface area contributed by atoms with Gasteiger partial charge in [0, 0.05) is 12.2 Å². The topological polar surface area (TPSA) is 29.1 Å². The quantitative estimate of drug-likeness (QED) is 0.585. The van der Waals surface area contributed by atoms with Crippen LogP contribution in [-0.2, 0) is 4.57 Å². The van der Waals surface area contributed by atoms with Gasteiger partial charge >= 0.3 is 0 Å². The molecule has 0 aromatic heterocycles. The molecule has 3 heteroatoms. The van der Waals surface area contributed by atoms with Gasteiger partial charge in [-0.15, -0.1) is 0 Å². The Hall–Kier alpha value is 0.0600. The minimum Gasteiger partial charge on any atom is -0.316 e. The van der Waals surface area contributed by atoms with Crippen molar-refractivity contribution in [3.63, 3.8) is 0 Å². The lowest BCUT2D eigenvalue weighted by atomic mass is 10.3. The highest BCUT2D eigenvalue weighted by Crippen LogP contribution is 1.98. The van der Waals surface area contributed by atoms with Crippen LogP contribution in [-0.4, -0.2) is 19.3 Å². The molecule has 0 aliphatic heterocycles. The normalized spacial score (nSPS) is 14.2. The zero-order chi connectivity index (χ0) is 6.41. The van der Waals surface area contributed by atoms with Crippen LogP contribution in [0.25, 0.3) is 0 Å². The monoisotopic (exact) mass is 133 g/mol. The van der Waals surface area contributed by atoms with Crippen LogP contribution in [0.2, 0.25) is 0 Å². The van der Waals surface area contributed by atoms with E-state index in [1.807, 2.05) is 7.05 Å². The smallest absolute Gasteiger partial charge is 0.156 e. The molecule has 0 heterocycles. The fourth-order valence-corrected chi connectivity index (χ4v) is 1.14. The summed E-state index contributed by atoms with van der Waals surface area (Å²) in [5, 5.41) is 3.05. The lowest BCUT2D eigenvalue weighted by molar-refractivity contribution is 0.569. The van der Waals surface area contributed by atoms with Crippen molar-refractivity contribution >= 4 is 8.46 Å². The van der Waals surface area contributed by atoms with Crippen molar-refractivity contribution in [2.24, 2.45) is 0 Å². The summed E-state index contributed by atoms with van der Waals surface area (Å²) < 4.78 is 9.99. The van der Waals surface area contributed by atoms with Crippen LogP contribution in [0.4, 0.5) is 0 Å². The van der Waals surface area contributed by atoms with E-state index >= 15 is 0 Å². The molecule has 8 heavy (non-hydrogen) atoms. The summed E-state index contributed by atoms with van der Waals surface area (Å²) in [7, 11) is 2.13. The molecule has 0 radical (unpaired) electrons. The predicted octanol–water partition coefficient (Wildman–Crippen LogP) is 1.28. The van der Waals surface area contributed by atoms with Crippen LogP contribution in [0, 0.1) is 0 Å². The van der Waals surface area contributed by atoms with E-state index in [0.717, 1.165) is 12.6 Å². The van der Waals surface area contributed by atoms with Gasteiger partial charge in [-0.05, 0) is 13.5 Å². The van der Waals surface area contributed by atoms with Crippen LogP contribution in [0.15, 0.2) is 0 Å². The molecule has 0 aliphatic rings. The van der Waals surface area contributed by atoms with Gasteiger partial charge in [0.15, 0.2) is 8.46 Å². The second-order valence-corrected chi connectivity index (χ2v) is 2.33. The number of nitrogens with one attached hydrogen (secondary N) is 1. The van der Waals surface area contributed by atoms with Gasteiger partial charge in [0.05, 0.1) is 0 Å². The Morgan fingerprint density at radius 2 is 2.38 bits per heavy atom. The van der Waals surface area contributed by atoms with Gasteiger partial charge < -0.3 is 5.32 Å². The third-order valence-corrected chi connectivity index (χ3v) is 1.79. The summed E-state index contributed by atoms with van der Waals surface area (Å²) in [6, 6.07) is 0.425. The molecule has 0 bridgehead atoms. The summed E-state index contributed by atoms with van der Waals surface area (Å²) >= 11 is 0. The van der Waals surface area contributed by atoms with Gasteiger partial charge in [0.2, 0.25) is 0 Å². The highest BCUT2D eigenvalue weighted by atomic mass is 31.1. The Kier molecular flexibility index (Phi) is 5.24. The van der Waals surface area contributed by atoms with E-state index in [9.17, 15) is 4.57 Å². The fourth-order valence-electron chi connectivity index (χ4n) is 0.514. The van der Waals surface area contributed by atoms with E-state index in [2.05, 4.69) is 12.2 Å². The molecule has 0 fully saturated rings. The van der Waals surface area contributed by atoms with Crippen molar-refractivity contribution in [1.82, 2.24) is 5.32 Å². The first kappa shape index (κ1) is 8.06. The number of rotatable bonds is 4. The van der Waals surface area contributed by atoms with Crippen molar-refractivity contribution in [1.29, 1.82) is 0 Å². The molecule has 0 saturated carbocycles. The van der Waals surface area contributed by atoms with Crippen LogP contribution >= 0.6 is 8.46 Å². The molecule has 1 atom stereocenters. The van der Waals surface area contributed by atoms with E-state index in [1.54, 1.807) is 0 Å². The van der Waals surface area contributed by atoms with Crippen LogP contribution in [0.5, 0.6) is 0 Å². The standard InChI is InChI=1S/C5H12NOP/c1-3-5(6-2)4-8-7/h5-6H,3-4H2,1-2H3. The Balaban J connectivity index is 3.20. The van der Waals surface area contributed by atoms with Gasteiger partial charge in [-0.25, -0.2) is 0 Å². The maximum Gasteiger partial charge on any atom is 0.156 e. The lowest BCUT2D eigenvalue weighted by Gasteiger charge is -2.06. The fraction of sp³-hybridized carbons (Fsp3) is 1.00. The van der Waals surface area contributed by atoms with Gasteiger partial charge in [-0.2, -0.15) is 0 Å². The molecule has 0 aromatic rings. The minimum absolute atomic E-state index is 0.243. The summed E-state index contributed by atoms with van der Waals surface area (Å²) in [4.78, 5) is 0. The van der Waals surface area contributed by atoms with Crippen molar-refractivity contribution in [2.75, 3.05) is 13.2 Å². The maximum absolute atomic E-state index is 9.99. The Labute approximate surface area is 51.9 Å². The van der Waals surface area contributed by atoms with Crippen LogP contribution in [0.3, 0.4) is 0 Å². The first-order valence-electron chi connectivity index (χ1n) is 2.81. The molecule has 2 nitrogen and oxygen atoms in total. The molecule has 0 aromatic carbocycles. The highest BCUT2D eigenvalue weighted by Gasteiger charge is 1.99. The summed E-state index contributed by atoms with van der Waals surface area (Å²) in [5.41, 5.74) is 0. The van der Waals surface area contributed by atoms with Gasteiger partial charge in [0.1, 0.15) is 0 Å². The van der Waals surface area contributed by atoms with E-state index < -0.39 is 0 Å². The second-order valence-electron chi connectivity index (χ2n) is 1.71. The summed E-state index contributed by atoms with van der Waals surface area (Å²) in [6.07, 6.45) is 1.78. The van der Waals surface area contributed by atoms with E-state index in [0.29, 0.717) is 6.04 Å². The summed E-state index contributed by atoms with van der Waals surface area (Å²) in [5.74, 6) is 0. The summed E-state index contributed by atoms with van der Waals surface area (Å²) in [6.45, 7) is 2.08. The Bertz CT molecular complexity index is 63.4. The molecular formula is C5H12NOP. The van der Waals surface area contributed by atoms with Crippen LogP contribution < -0.4 is 5.32 Å². The molecule has 0 aliphatic carbocycles. The SMILES string of the molecule is CCC(CP=O)NC. The molecule has 0 rings (SSSR count). The molecule has 0 spiro atoms. The predicted molar refractivity (Wildman–Crippen MR) is 35.6 cm³/mol. The number of hydrogen-bond acceptors (Lipinski definition) is 2. The van der Waals surface area contributed by atoms with Crippen molar-refractivity contribution in [2.45, 2.75) is 19.4 Å². The number of hydrogen-bond donors (Lipinski definition) is 1. The third-order valence-electron chi connectivity index (χ3n) is 1.20. The van der Waals surface area contributed by atoms with Gasteiger partial charge in [0.25, 0.3) is 0 Å². The highest BCUT2D eigenvalue weighted by molar-refractivity contribution is 7.23. The van der Waals surface area contributed by atoms with E-state index in [4.69, 9.17) is 0 Å². The first-order chi connectivity index (χ1) is 3.85. The molecule has 1 unspecified atom stereocenters. The molecule has 1 N–H and O–H groups in total. The lowest BCUT2D eigenvalue weighted by Crippen LogP contribution is -2.25. The van der Waals surface area contributed by atoms with Crippen LogP contribution in [0.1, 0.15) is 13.3 Å². The van der Waals surface area contributed by atoms with E-state index in [1.165, 1.54) is 0 Å². The Morgan fingerprint density at radius 3 is 2.50 bits per heavy atom.